The molecule has 1 amide bonds. The van der Waals surface area contributed by atoms with Gasteiger partial charge in [-0.05, 0) is 25.5 Å². The predicted molar refractivity (Wildman–Crippen MR) is 150 cm³/mol. The van der Waals surface area contributed by atoms with Crippen molar-refractivity contribution in [3.05, 3.63) is 60.2 Å². The van der Waals surface area contributed by atoms with Crippen LogP contribution in [0.15, 0.2) is 48.9 Å². The number of anilines is 4. The van der Waals surface area contributed by atoms with E-state index in [1.165, 1.54) is 6.33 Å². The van der Waals surface area contributed by atoms with Crippen LogP contribution in [-0.4, -0.2) is 88.4 Å². The quantitative estimate of drug-likeness (QED) is 0.174. The largest absolute Gasteiger partial charge is 0.445 e. The molecule has 4 rings (SSSR count). The Morgan fingerprint density at radius 2 is 2.02 bits per heavy atom. The zero-order chi connectivity index (χ0) is 28.3. The molecule has 1 aliphatic rings. The number of carbonyl (C=O) groups is 2. The highest BCUT2D eigenvalue weighted by atomic mass is 16.6. The standard InChI is InChI=1S/C27H33N9O4/c1-3-39-14-11-30-24-23(21(28)16-37)33-26(34-25(24)32-22-9-10-29-18-31-22)35-12-13-36(19(2)15-35)27(38)40-17-20-7-5-4-6-8-20/h4-10,16,18-19,28,30H,3,11-15,17H2,1-2H3,(H,29,31,32,33,34)/t19-/m1/s1. The first-order valence-electron chi connectivity index (χ1n) is 13.0. The lowest BCUT2D eigenvalue weighted by molar-refractivity contribution is -0.102. The fraction of sp³-hybridized carbons (Fsp3) is 0.370. The Balaban J connectivity index is 1.55. The summed E-state index contributed by atoms with van der Waals surface area (Å²) in [6.07, 6.45) is 3.04. The van der Waals surface area contributed by atoms with E-state index in [0.717, 1.165) is 5.56 Å². The molecular weight excluding hydrogens is 514 g/mol. The molecule has 1 saturated heterocycles. The maximum absolute atomic E-state index is 12.8. The topological polar surface area (TPSA) is 159 Å². The lowest BCUT2D eigenvalue weighted by atomic mass is 10.2. The van der Waals surface area contributed by atoms with Crippen LogP contribution in [0.3, 0.4) is 0 Å². The molecule has 13 nitrogen and oxygen atoms in total. The third-order valence-electron chi connectivity index (χ3n) is 6.20. The maximum Gasteiger partial charge on any atom is 0.410 e. The number of piperazine rings is 1. The highest BCUT2D eigenvalue weighted by Crippen LogP contribution is 2.29. The van der Waals surface area contributed by atoms with E-state index in [1.807, 2.05) is 49.1 Å². The summed E-state index contributed by atoms with van der Waals surface area (Å²) >= 11 is 0. The molecule has 1 fully saturated rings. The van der Waals surface area contributed by atoms with Crippen molar-refractivity contribution in [3.8, 4) is 0 Å². The second-order valence-corrected chi connectivity index (χ2v) is 9.00. The summed E-state index contributed by atoms with van der Waals surface area (Å²) in [6, 6.07) is 11.0. The molecule has 40 heavy (non-hydrogen) atoms. The number of aldehydes is 1. The lowest BCUT2D eigenvalue weighted by Crippen LogP contribution is -2.54. The van der Waals surface area contributed by atoms with E-state index >= 15 is 0 Å². The molecule has 0 unspecified atom stereocenters. The molecule has 0 spiro atoms. The van der Waals surface area contributed by atoms with Gasteiger partial charge in [0.25, 0.3) is 0 Å². The van der Waals surface area contributed by atoms with Crippen molar-refractivity contribution < 1.29 is 19.1 Å². The van der Waals surface area contributed by atoms with E-state index < -0.39 is 0 Å². The van der Waals surface area contributed by atoms with Crippen molar-refractivity contribution in [3.63, 3.8) is 0 Å². The fourth-order valence-electron chi connectivity index (χ4n) is 4.19. The number of ether oxygens (including phenoxy) is 2. The van der Waals surface area contributed by atoms with Crippen LogP contribution in [0.2, 0.25) is 0 Å². The first-order chi connectivity index (χ1) is 19.5. The molecule has 2 aromatic heterocycles. The van der Waals surface area contributed by atoms with E-state index in [-0.39, 0.29) is 30.1 Å². The molecule has 1 atom stereocenters. The van der Waals surface area contributed by atoms with E-state index in [1.54, 1.807) is 17.2 Å². The molecule has 3 aromatic rings. The van der Waals surface area contributed by atoms with E-state index in [0.29, 0.717) is 69.0 Å². The van der Waals surface area contributed by atoms with Gasteiger partial charge in [-0.2, -0.15) is 4.98 Å². The highest BCUT2D eigenvalue weighted by molar-refractivity contribution is 6.36. The Bertz CT molecular complexity index is 1290. The number of nitrogens with zero attached hydrogens (tertiary/aromatic N) is 6. The fourth-order valence-corrected chi connectivity index (χ4v) is 4.19. The van der Waals surface area contributed by atoms with Crippen molar-refractivity contribution in [2.45, 2.75) is 26.5 Å². The third kappa shape index (κ3) is 7.26. The van der Waals surface area contributed by atoms with Gasteiger partial charge in [-0.3, -0.25) is 10.2 Å². The van der Waals surface area contributed by atoms with Crippen LogP contribution >= 0.6 is 0 Å². The molecule has 1 aliphatic heterocycles. The van der Waals surface area contributed by atoms with Crippen molar-refractivity contribution in [2.75, 3.05) is 54.9 Å². The Kier molecular flexibility index (Phi) is 9.88. The molecule has 0 aliphatic carbocycles. The van der Waals surface area contributed by atoms with E-state index in [4.69, 9.17) is 19.9 Å². The molecule has 1 aromatic carbocycles. The number of nitrogens with one attached hydrogen (secondary N) is 3. The van der Waals surface area contributed by atoms with Crippen molar-refractivity contribution in [2.24, 2.45) is 0 Å². The number of aromatic nitrogens is 4. The average Bonchev–Trinajstić information content (AvgIpc) is 2.99. The van der Waals surface area contributed by atoms with Crippen LogP contribution < -0.4 is 15.5 Å². The monoisotopic (exact) mass is 547 g/mol. The zero-order valence-electron chi connectivity index (χ0n) is 22.5. The molecule has 13 heteroatoms. The zero-order valence-corrected chi connectivity index (χ0v) is 22.5. The molecule has 210 valence electrons. The molecular formula is C27H33N9O4. The number of hydrogen-bond acceptors (Lipinski definition) is 12. The van der Waals surface area contributed by atoms with Crippen LogP contribution in [0.25, 0.3) is 0 Å². The lowest BCUT2D eigenvalue weighted by Gasteiger charge is -2.39. The minimum atomic E-state index is -0.389. The maximum atomic E-state index is 12.8. The summed E-state index contributed by atoms with van der Waals surface area (Å²) in [5.41, 5.74) is 1.14. The molecule has 0 saturated carbocycles. The van der Waals surface area contributed by atoms with Gasteiger partial charge in [0.2, 0.25) is 5.95 Å². The number of rotatable bonds is 12. The van der Waals surface area contributed by atoms with Gasteiger partial charge >= 0.3 is 6.09 Å². The predicted octanol–water partition coefficient (Wildman–Crippen LogP) is 2.87. The second kappa shape index (κ2) is 13.9. The Morgan fingerprint density at radius 1 is 1.20 bits per heavy atom. The minimum Gasteiger partial charge on any atom is -0.445 e. The van der Waals surface area contributed by atoms with Crippen LogP contribution in [0.5, 0.6) is 0 Å². The minimum absolute atomic E-state index is 0.144. The van der Waals surface area contributed by atoms with Crippen LogP contribution in [0.1, 0.15) is 25.1 Å². The van der Waals surface area contributed by atoms with Crippen LogP contribution in [0, 0.1) is 5.41 Å². The number of carbonyl (C=O) groups excluding carboxylic acids is 2. The number of benzene rings is 1. The molecule has 0 radical (unpaired) electrons. The Morgan fingerprint density at radius 3 is 2.73 bits per heavy atom. The van der Waals surface area contributed by atoms with Gasteiger partial charge in [0.15, 0.2) is 12.1 Å². The van der Waals surface area contributed by atoms with Crippen molar-refractivity contribution >= 4 is 41.4 Å². The highest BCUT2D eigenvalue weighted by Gasteiger charge is 2.31. The number of amides is 1. The summed E-state index contributed by atoms with van der Waals surface area (Å²) in [6.45, 7) is 6.66. The van der Waals surface area contributed by atoms with Gasteiger partial charge in [0.1, 0.15) is 35.8 Å². The normalized spacial score (nSPS) is 14.9. The van der Waals surface area contributed by atoms with E-state index in [9.17, 15) is 9.59 Å². The van der Waals surface area contributed by atoms with Gasteiger partial charge in [-0.1, -0.05) is 30.3 Å². The van der Waals surface area contributed by atoms with Crippen molar-refractivity contribution in [1.82, 2.24) is 24.8 Å². The smallest absolute Gasteiger partial charge is 0.410 e. The Labute approximate surface area is 232 Å². The van der Waals surface area contributed by atoms with E-state index in [2.05, 4.69) is 25.6 Å². The first kappa shape index (κ1) is 28.4. The van der Waals surface area contributed by atoms with Gasteiger partial charge < -0.3 is 29.9 Å². The molecule has 3 N–H and O–H groups in total. The summed E-state index contributed by atoms with van der Waals surface area (Å²) in [5, 5.41) is 14.6. The second-order valence-electron chi connectivity index (χ2n) is 9.00. The summed E-state index contributed by atoms with van der Waals surface area (Å²) in [7, 11) is 0. The van der Waals surface area contributed by atoms with Gasteiger partial charge in [-0.25, -0.2) is 19.7 Å². The summed E-state index contributed by atoms with van der Waals surface area (Å²) < 4.78 is 11.0. The summed E-state index contributed by atoms with van der Waals surface area (Å²) in [5.74, 6) is 1.15. The van der Waals surface area contributed by atoms with Gasteiger partial charge in [0.05, 0.1) is 6.61 Å². The number of hydrogen-bond donors (Lipinski definition) is 3. The SMILES string of the molecule is CCOCCNc1c(Nc2ccncn2)nc(N2CCN(C(=O)OCc3ccccc3)[C@H](C)C2)nc1C(=N)C=O. The van der Waals surface area contributed by atoms with Crippen molar-refractivity contribution in [1.29, 1.82) is 5.41 Å². The Hall–Kier alpha value is -4.65. The third-order valence-corrected chi connectivity index (χ3v) is 6.20. The van der Waals surface area contributed by atoms with Crippen LogP contribution in [0.4, 0.5) is 28.1 Å². The van der Waals surface area contributed by atoms with Crippen LogP contribution in [-0.2, 0) is 20.9 Å². The molecule has 3 heterocycles. The van der Waals surface area contributed by atoms with Gasteiger partial charge in [-0.15, -0.1) is 0 Å². The average molecular weight is 548 g/mol. The molecule has 0 bridgehead atoms. The van der Waals surface area contributed by atoms with Gasteiger partial charge in [0, 0.05) is 45.0 Å². The first-order valence-corrected chi connectivity index (χ1v) is 13.0. The summed E-state index contributed by atoms with van der Waals surface area (Å²) in [4.78, 5) is 45.6.